The summed E-state index contributed by atoms with van der Waals surface area (Å²) in [5.74, 6) is -0.676. The molecule has 0 unspecified atom stereocenters. The lowest BCUT2D eigenvalue weighted by molar-refractivity contribution is 0.0462. The number of fused-ring (bicyclic) bond motifs is 3. The van der Waals surface area contributed by atoms with Crippen molar-refractivity contribution in [3.63, 3.8) is 0 Å². The van der Waals surface area contributed by atoms with E-state index in [0.29, 0.717) is 11.8 Å². The van der Waals surface area contributed by atoms with Crippen LogP contribution in [0.1, 0.15) is 52.1 Å². The van der Waals surface area contributed by atoms with Gasteiger partial charge in [-0.1, -0.05) is 24.6 Å². The Morgan fingerprint density at radius 1 is 1.35 bits per heavy atom. The second-order valence-corrected chi connectivity index (χ2v) is 6.10. The van der Waals surface area contributed by atoms with Crippen molar-refractivity contribution in [2.75, 3.05) is 6.98 Å². The lowest BCUT2D eigenvalue weighted by Gasteiger charge is -2.47. The molecule has 3 heterocycles. The summed E-state index contributed by atoms with van der Waals surface area (Å²) in [6, 6.07) is 3.57. The molecule has 2 aliphatic rings. The Hall–Kier alpha value is -1.88. The van der Waals surface area contributed by atoms with Gasteiger partial charge in [0.2, 0.25) is 0 Å². The molecule has 2 atom stereocenters. The lowest BCUT2D eigenvalue weighted by atomic mass is 9.82. The Bertz CT molecular complexity index is 963. The fraction of sp³-hybridized carbons (Fsp3) is 0.556. The average Bonchev–Trinajstić information content (AvgIpc) is 3.01. The number of carbonyl (C=O) groups excluding carboxylic acids is 1. The molecule has 2 bridgehead atoms. The van der Waals surface area contributed by atoms with Gasteiger partial charge in [-0.15, -0.1) is 0 Å². The number of nitrogens with zero attached hydrogens (tertiary/aromatic N) is 3. The molecule has 2 fully saturated rings. The van der Waals surface area contributed by atoms with E-state index in [-0.39, 0.29) is 18.5 Å². The molecular weight excluding hydrogens is 288 g/mol. The topological polar surface area (TPSA) is 50.2 Å². The predicted molar refractivity (Wildman–Crippen MR) is 90.4 cm³/mol. The van der Waals surface area contributed by atoms with Crippen LogP contribution in [0, 0.1) is 0 Å². The van der Waals surface area contributed by atoms with Crippen molar-refractivity contribution in [3.8, 4) is 0 Å². The molecule has 0 radical (unpaired) electrons. The minimum absolute atomic E-state index is 0.0862. The van der Waals surface area contributed by atoms with Crippen LogP contribution in [0.25, 0.3) is 10.9 Å². The van der Waals surface area contributed by atoms with Crippen molar-refractivity contribution < 1.29 is 14.4 Å². The van der Waals surface area contributed by atoms with Crippen molar-refractivity contribution in [2.45, 2.75) is 50.1 Å². The van der Waals surface area contributed by atoms with E-state index in [1.54, 1.807) is 29.9 Å². The fourth-order valence-corrected chi connectivity index (χ4v) is 3.42. The third-order valence-electron chi connectivity index (χ3n) is 4.59. The van der Waals surface area contributed by atoms with E-state index in [4.69, 9.17) is 9.60 Å². The molecule has 23 heavy (non-hydrogen) atoms. The molecule has 5 nitrogen and oxygen atoms in total. The van der Waals surface area contributed by atoms with Crippen LogP contribution in [-0.2, 0) is 7.05 Å². The molecule has 2 aromatic rings. The first-order valence-electron chi connectivity index (χ1n) is 11.4. The Morgan fingerprint density at radius 2 is 2.09 bits per heavy atom. The van der Waals surface area contributed by atoms with Crippen LogP contribution in [0.5, 0.6) is 0 Å². The zero-order valence-electron chi connectivity index (χ0n) is 19.9. The maximum absolute atomic E-state index is 13.1. The van der Waals surface area contributed by atoms with E-state index in [1.165, 1.54) is 0 Å². The zero-order chi connectivity index (χ0) is 22.1. The van der Waals surface area contributed by atoms with Crippen LogP contribution in [0.15, 0.2) is 24.3 Å². The fourth-order valence-electron chi connectivity index (χ4n) is 3.42. The molecule has 1 aromatic heterocycles. The van der Waals surface area contributed by atoms with Gasteiger partial charge in [0.05, 0.1) is 5.52 Å². The summed E-state index contributed by atoms with van der Waals surface area (Å²) in [6.07, 6.45) is -3.45. The highest BCUT2D eigenvalue weighted by molar-refractivity contribution is 6.04. The summed E-state index contributed by atoms with van der Waals surface area (Å²) in [5.41, 5.74) is 0.811. The number of aromatic nitrogens is 2. The highest BCUT2D eigenvalue weighted by Gasteiger charge is 2.36. The predicted octanol–water partition coefficient (Wildman–Crippen LogP) is 2.32. The van der Waals surface area contributed by atoms with Gasteiger partial charge >= 0.3 is 0 Å². The van der Waals surface area contributed by atoms with Crippen molar-refractivity contribution in [3.05, 3.63) is 30.0 Å². The van der Waals surface area contributed by atoms with Gasteiger partial charge in [0, 0.05) is 40.2 Å². The number of aryl methyl sites for hydroxylation is 1. The molecule has 5 heteroatoms. The summed E-state index contributed by atoms with van der Waals surface area (Å²) < 4.78 is 59.7. The Balaban J connectivity index is 1.72. The lowest BCUT2D eigenvalue weighted by Crippen LogP contribution is -2.55. The van der Waals surface area contributed by atoms with Gasteiger partial charge < -0.3 is 10.2 Å². The Kier molecular flexibility index (Phi) is 2.16. The normalized spacial score (nSPS) is 37.4. The van der Waals surface area contributed by atoms with Gasteiger partial charge in [0.1, 0.15) is 0 Å². The molecule has 0 spiro atoms. The number of hydrogen-bond donors (Lipinski definition) is 1. The average molecular weight is 319 g/mol. The van der Waals surface area contributed by atoms with Gasteiger partial charge in [-0.25, -0.2) is 0 Å². The van der Waals surface area contributed by atoms with E-state index in [2.05, 4.69) is 10.4 Å². The van der Waals surface area contributed by atoms with Crippen molar-refractivity contribution in [1.82, 2.24) is 20.0 Å². The van der Waals surface area contributed by atoms with Crippen LogP contribution in [-0.4, -0.2) is 45.7 Å². The molecule has 122 valence electrons. The molecule has 0 aliphatic carbocycles. The summed E-state index contributed by atoms with van der Waals surface area (Å²) >= 11 is 0. The summed E-state index contributed by atoms with van der Waals surface area (Å²) in [7, 11) is 1.69. The van der Waals surface area contributed by atoms with Crippen LogP contribution < -0.4 is 5.32 Å². The number of nitrogens with one attached hydrogen (secondary N) is 1. The van der Waals surface area contributed by atoms with Gasteiger partial charge in [-0.05, 0) is 38.6 Å². The number of piperidine rings is 2. The number of benzene rings is 1. The smallest absolute Gasteiger partial charge is 0.272 e. The Labute approximate surface area is 146 Å². The van der Waals surface area contributed by atoms with Gasteiger partial charge in [-0.3, -0.25) is 9.48 Å². The van der Waals surface area contributed by atoms with Crippen LogP contribution in [0.3, 0.4) is 0 Å². The third kappa shape index (κ3) is 2.53. The van der Waals surface area contributed by atoms with E-state index >= 15 is 0 Å². The van der Waals surface area contributed by atoms with E-state index < -0.39 is 43.8 Å². The molecule has 1 aromatic carbocycles. The molecule has 2 saturated heterocycles. The van der Waals surface area contributed by atoms with Crippen LogP contribution in [0.4, 0.5) is 0 Å². The number of para-hydroxylation sites is 1. The number of amides is 1. The van der Waals surface area contributed by atoms with E-state index in [0.717, 1.165) is 10.4 Å². The first kappa shape index (κ1) is 8.83. The molecule has 2 aliphatic heterocycles. The first-order chi connectivity index (χ1) is 13.9. The van der Waals surface area contributed by atoms with Crippen molar-refractivity contribution in [2.24, 2.45) is 7.05 Å². The molecule has 1 amide bonds. The van der Waals surface area contributed by atoms with E-state index in [1.807, 2.05) is 6.07 Å². The molecule has 1 N–H and O–H groups in total. The molecule has 4 rings (SSSR count). The van der Waals surface area contributed by atoms with Crippen molar-refractivity contribution in [1.29, 1.82) is 0 Å². The van der Waals surface area contributed by atoms with Gasteiger partial charge in [0.25, 0.3) is 5.91 Å². The second kappa shape index (κ2) is 5.64. The van der Waals surface area contributed by atoms with E-state index in [9.17, 15) is 4.79 Å². The van der Waals surface area contributed by atoms with Crippen molar-refractivity contribution >= 4 is 16.8 Å². The largest absolute Gasteiger partial charge is 0.348 e. The quantitative estimate of drug-likeness (QED) is 0.924. The first-order valence-corrected chi connectivity index (χ1v) is 7.88. The number of carbonyl (C=O) groups is 1. The van der Waals surface area contributed by atoms with Crippen LogP contribution in [0.2, 0.25) is 0 Å². The maximum Gasteiger partial charge on any atom is 0.272 e. The highest BCUT2D eigenvalue weighted by Crippen LogP contribution is 2.32. The minimum atomic E-state index is -2.62. The third-order valence-corrected chi connectivity index (χ3v) is 4.59. The second-order valence-electron chi connectivity index (χ2n) is 6.10. The van der Waals surface area contributed by atoms with Crippen LogP contribution >= 0.6 is 0 Å². The summed E-state index contributed by atoms with van der Waals surface area (Å²) in [6.45, 7) is -2.62. The number of hydrogen-bond acceptors (Lipinski definition) is 3. The monoisotopic (exact) mass is 319 g/mol. The maximum atomic E-state index is 13.1. The molecular formula is C18H24N4O. The number of rotatable bonds is 2. The summed E-state index contributed by atoms with van der Waals surface area (Å²) in [4.78, 5) is 14.1. The minimum Gasteiger partial charge on any atom is -0.348 e. The summed E-state index contributed by atoms with van der Waals surface area (Å²) in [5, 5.41) is 7.37. The zero-order valence-corrected chi connectivity index (χ0v) is 12.9. The molecule has 0 saturated carbocycles. The standard InChI is InChI=1S/C18H24N4O/c1-21-13-6-5-7-14(21)11-12(10-13)19-18(23)17-15-8-3-4-9-16(15)22(2)20-17/h3-4,8-9,12-14H,5-7,10-11H2,1-2H3,(H,19,23)/t13-,14-/m1/s1/i1D3,10D2,11D2. The van der Waals surface area contributed by atoms with Gasteiger partial charge in [0.15, 0.2) is 5.69 Å². The SMILES string of the molecule is [2H]C1([2H])C(NC(=O)c2nn(C)c3ccccc23)C([2H])([2H])[C@H]2CCC[C@H]1N2C([2H])([2H])[2H]. The Morgan fingerprint density at radius 3 is 2.83 bits per heavy atom. The highest BCUT2D eigenvalue weighted by atomic mass is 16.2. The van der Waals surface area contributed by atoms with Gasteiger partial charge in [-0.2, -0.15) is 5.10 Å².